The van der Waals surface area contributed by atoms with Gasteiger partial charge in [-0.1, -0.05) is 53.5 Å². The zero-order valence-electron chi connectivity index (χ0n) is 15.1. The van der Waals surface area contributed by atoms with E-state index in [1.807, 2.05) is 43.3 Å². The second-order valence-electron chi connectivity index (χ2n) is 5.79. The quantitative estimate of drug-likeness (QED) is 0.431. The van der Waals surface area contributed by atoms with E-state index in [-0.39, 0.29) is 6.61 Å². The van der Waals surface area contributed by atoms with E-state index in [2.05, 4.69) is 10.5 Å². The Morgan fingerprint density at radius 3 is 2.64 bits per heavy atom. The summed E-state index contributed by atoms with van der Waals surface area (Å²) in [4.78, 5) is 12.0. The number of nitrogens with zero attached hydrogens (tertiary/aromatic N) is 1. The van der Waals surface area contributed by atoms with E-state index in [0.29, 0.717) is 28.2 Å². The maximum atomic E-state index is 12.0. The van der Waals surface area contributed by atoms with Crippen molar-refractivity contribution in [1.29, 1.82) is 0 Å². The van der Waals surface area contributed by atoms with Gasteiger partial charge in [0.1, 0.15) is 11.5 Å². The lowest BCUT2D eigenvalue weighted by Crippen LogP contribution is -2.24. The van der Waals surface area contributed by atoms with Crippen molar-refractivity contribution in [3.8, 4) is 11.5 Å². The number of amides is 1. The van der Waals surface area contributed by atoms with E-state index in [1.165, 1.54) is 0 Å². The molecule has 0 saturated carbocycles. The van der Waals surface area contributed by atoms with Gasteiger partial charge in [0.2, 0.25) is 0 Å². The normalized spacial score (nSPS) is 11.0. The summed E-state index contributed by atoms with van der Waals surface area (Å²) < 4.78 is 11.1. The van der Waals surface area contributed by atoms with E-state index >= 15 is 0 Å². The summed E-state index contributed by atoms with van der Waals surface area (Å²) in [5.41, 5.74) is 3.24. The fourth-order valence-electron chi connectivity index (χ4n) is 2.63. The molecule has 3 aromatic rings. The van der Waals surface area contributed by atoms with E-state index in [4.69, 9.17) is 32.7 Å². The highest BCUT2D eigenvalue weighted by Gasteiger charge is 2.08. The first-order chi connectivity index (χ1) is 13.6. The molecule has 0 fully saturated rings. The van der Waals surface area contributed by atoms with Gasteiger partial charge in [0.15, 0.2) is 6.61 Å². The molecule has 144 valence electrons. The Kier molecular flexibility index (Phi) is 6.74. The molecule has 0 aromatic heterocycles. The standard InChI is InChI=1S/C21H18Cl2N2O3/c1-2-27-19-9-7-14-5-3-4-6-16(14)17(19)12-24-25-21(26)13-28-20-10-8-15(22)11-18(20)23/h3-12H,2,13H2,1H3,(H,25,26). The molecule has 0 saturated heterocycles. The molecule has 7 heteroatoms. The third-order valence-corrected chi connectivity index (χ3v) is 4.40. The summed E-state index contributed by atoms with van der Waals surface area (Å²) in [6.07, 6.45) is 1.57. The molecule has 5 nitrogen and oxygen atoms in total. The second kappa shape index (κ2) is 9.44. The molecule has 0 atom stereocenters. The summed E-state index contributed by atoms with van der Waals surface area (Å²) in [7, 11) is 0. The number of nitrogens with one attached hydrogen (secondary N) is 1. The first-order valence-corrected chi connectivity index (χ1v) is 9.38. The van der Waals surface area contributed by atoms with Crippen molar-refractivity contribution in [2.75, 3.05) is 13.2 Å². The first-order valence-electron chi connectivity index (χ1n) is 8.62. The lowest BCUT2D eigenvalue weighted by Gasteiger charge is -2.10. The number of rotatable bonds is 7. The first kappa shape index (κ1) is 20.0. The molecule has 1 N–H and O–H groups in total. The van der Waals surface area contributed by atoms with Gasteiger partial charge in [-0.25, -0.2) is 5.43 Å². The Morgan fingerprint density at radius 1 is 1.07 bits per heavy atom. The van der Waals surface area contributed by atoms with Gasteiger partial charge in [-0.15, -0.1) is 0 Å². The van der Waals surface area contributed by atoms with Crippen molar-refractivity contribution in [1.82, 2.24) is 5.43 Å². The number of hydrogen-bond donors (Lipinski definition) is 1. The largest absolute Gasteiger partial charge is 0.493 e. The summed E-state index contributed by atoms with van der Waals surface area (Å²) in [5, 5.41) is 6.91. The van der Waals surface area contributed by atoms with Crippen LogP contribution in [0.25, 0.3) is 10.8 Å². The van der Waals surface area contributed by atoms with Crippen molar-refractivity contribution >= 4 is 46.1 Å². The van der Waals surface area contributed by atoms with Crippen LogP contribution in [0.1, 0.15) is 12.5 Å². The van der Waals surface area contributed by atoms with Crippen LogP contribution in [-0.4, -0.2) is 25.3 Å². The van der Waals surface area contributed by atoms with Gasteiger partial charge in [-0.3, -0.25) is 4.79 Å². The highest BCUT2D eigenvalue weighted by atomic mass is 35.5. The SMILES string of the molecule is CCOc1ccc2ccccc2c1C=NNC(=O)COc1ccc(Cl)cc1Cl. The molecule has 0 heterocycles. The van der Waals surface area contributed by atoms with Crippen molar-refractivity contribution in [3.05, 3.63) is 70.2 Å². The van der Waals surface area contributed by atoms with Crippen LogP contribution in [0, 0.1) is 0 Å². The number of ether oxygens (including phenoxy) is 2. The van der Waals surface area contributed by atoms with Gasteiger partial charge in [-0.05, 0) is 42.0 Å². The zero-order valence-corrected chi connectivity index (χ0v) is 16.6. The number of benzene rings is 3. The minimum absolute atomic E-state index is 0.230. The molecule has 0 aliphatic carbocycles. The summed E-state index contributed by atoms with van der Waals surface area (Å²) in [5.74, 6) is 0.654. The van der Waals surface area contributed by atoms with Crippen LogP contribution < -0.4 is 14.9 Å². The Balaban J connectivity index is 1.68. The Morgan fingerprint density at radius 2 is 1.86 bits per heavy atom. The van der Waals surface area contributed by atoms with Crippen LogP contribution in [0.3, 0.4) is 0 Å². The third-order valence-electron chi connectivity index (χ3n) is 3.87. The van der Waals surface area contributed by atoms with E-state index in [9.17, 15) is 4.79 Å². The minimum Gasteiger partial charge on any atom is -0.493 e. The van der Waals surface area contributed by atoms with Crippen LogP contribution >= 0.6 is 23.2 Å². The topological polar surface area (TPSA) is 59.9 Å². The fourth-order valence-corrected chi connectivity index (χ4v) is 3.09. The molecule has 0 aliphatic rings. The molecule has 0 aliphatic heterocycles. The van der Waals surface area contributed by atoms with Crippen LogP contribution in [0.5, 0.6) is 11.5 Å². The molecule has 3 aromatic carbocycles. The molecule has 0 unspecified atom stereocenters. The molecule has 0 spiro atoms. The van der Waals surface area contributed by atoms with Gasteiger partial charge in [0.25, 0.3) is 5.91 Å². The number of carbonyl (C=O) groups excluding carboxylic acids is 1. The molecule has 0 bridgehead atoms. The monoisotopic (exact) mass is 416 g/mol. The van der Waals surface area contributed by atoms with E-state index in [1.54, 1.807) is 24.4 Å². The number of fused-ring (bicyclic) bond motifs is 1. The third kappa shape index (κ3) is 4.94. The Bertz CT molecular complexity index is 1020. The van der Waals surface area contributed by atoms with Crippen LogP contribution in [0.4, 0.5) is 0 Å². The number of hydrazone groups is 1. The Labute approximate surface area is 172 Å². The molecule has 0 radical (unpaired) electrons. The van der Waals surface area contributed by atoms with Crippen LogP contribution in [-0.2, 0) is 4.79 Å². The van der Waals surface area contributed by atoms with Gasteiger partial charge in [-0.2, -0.15) is 5.10 Å². The average molecular weight is 417 g/mol. The number of halogens is 2. The number of hydrogen-bond acceptors (Lipinski definition) is 4. The smallest absolute Gasteiger partial charge is 0.277 e. The summed E-state index contributed by atoms with van der Waals surface area (Å²) >= 11 is 11.8. The minimum atomic E-state index is -0.416. The predicted octanol–water partition coefficient (Wildman–Crippen LogP) is 5.07. The predicted molar refractivity (Wildman–Crippen MR) is 113 cm³/mol. The summed E-state index contributed by atoms with van der Waals surface area (Å²) in [6, 6.07) is 16.5. The zero-order chi connectivity index (χ0) is 19.9. The Hall–Kier alpha value is -2.76. The molecule has 1 amide bonds. The van der Waals surface area contributed by atoms with Crippen LogP contribution in [0.2, 0.25) is 10.0 Å². The maximum absolute atomic E-state index is 12.0. The molecular weight excluding hydrogens is 399 g/mol. The van der Waals surface area contributed by atoms with Gasteiger partial charge < -0.3 is 9.47 Å². The average Bonchev–Trinajstić information content (AvgIpc) is 2.69. The highest BCUT2D eigenvalue weighted by Crippen LogP contribution is 2.28. The van der Waals surface area contributed by atoms with Crippen molar-refractivity contribution < 1.29 is 14.3 Å². The van der Waals surface area contributed by atoms with Crippen molar-refractivity contribution in [2.45, 2.75) is 6.92 Å². The molecular formula is C21H18Cl2N2O3. The highest BCUT2D eigenvalue weighted by molar-refractivity contribution is 6.35. The van der Waals surface area contributed by atoms with Gasteiger partial charge >= 0.3 is 0 Å². The lowest BCUT2D eigenvalue weighted by molar-refractivity contribution is -0.123. The maximum Gasteiger partial charge on any atom is 0.277 e. The fraction of sp³-hybridized carbons (Fsp3) is 0.143. The van der Waals surface area contributed by atoms with Crippen LogP contribution in [0.15, 0.2) is 59.7 Å². The van der Waals surface area contributed by atoms with Gasteiger partial charge in [0.05, 0.1) is 17.8 Å². The summed E-state index contributed by atoms with van der Waals surface area (Å²) in [6.45, 7) is 2.21. The van der Waals surface area contributed by atoms with Crippen molar-refractivity contribution in [2.24, 2.45) is 5.10 Å². The van der Waals surface area contributed by atoms with Crippen molar-refractivity contribution in [3.63, 3.8) is 0 Å². The van der Waals surface area contributed by atoms with E-state index < -0.39 is 5.91 Å². The van der Waals surface area contributed by atoms with Gasteiger partial charge in [0, 0.05) is 10.6 Å². The second-order valence-corrected chi connectivity index (χ2v) is 6.63. The molecule has 28 heavy (non-hydrogen) atoms. The van der Waals surface area contributed by atoms with E-state index in [0.717, 1.165) is 16.3 Å². The lowest BCUT2D eigenvalue weighted by atomic mass is 10.0. The molecule has 3 rings (SSSR count). The number of carbonyl (C=O) groups is 1.